The molecule has 3 fully saturated rings. The second kappa shape index (κ2) is 12.1. The largest absolute Gasteiger partial charge is 0.465 e. The fourth-order valence-electron chi connectivity index (χ4n) is 6.72. The van der Waals surface area contributed by atoms with Gasteiger partial charge in [-0.15, -0.1) is 13.2 Å². The third kappa shape index (κ3) is 5.37. The second-order valence-corrected chi connectivity index (χ2v) is 11.5. The number of aliphatic hydroxyl groups is 1. The molecule has 0 radical (unpaired) electrons. The van der Waals surface area contributed by atoms with Crippen LogP contribution in [0.15, 0.2) is 25.3 Å². The average Bonchev–Trinajstić information content (AvgIpc) is 3.42. The Morgan fingerprint density at radius 3 is 2.59 bits per heavy atom. The Hall–Kier alpha value is -2.19. The van der Waals surface area contributed by atoms with Gasteiger partial charge in [0.2, 0.25) is 11.8 Å². The van der Waals surface area contributed by atoms with Gasteiger partial charge in [-0.2, -0.15) is 0 Å². The van der Waals surface area contributed by atoms with E-state index in [1.807, 2.05) is 20.8 Å². The molecule has 3 rings (SSSR count). The molecular formula is C29H46N2O6. The highest BCUT2D eigenvalue weighted by molar-refractivity contribution is 5.98. The number of likely N-dealkylation sites (tertiary alicyclic amines) is 1. The lowest BCUT2D eigenvalue weighted by Crippen LogP contribution is -2.59. The van der Waals surface area contributed by atoms with Gasteiger partial charge in [0, 0.05) is 13.1 Å². The third-order valence-electron chi connectivity index (χ3n) is 8.31. The maximum Gasteiger partial charge on any atom is 0.312 e. The maximum atomic E-state index is 14.3. The molecule has 37 heavy (non-hydrogen) atoms. The lowest BCUT2D eigenvalue weighted by molar-refractivity contribution is -0.162. The summed E-state index contributed by atoms with van der Waals surface area (Å²) in [5.41, 5.74) is -2.01. The molecule has 8 nitrogen and oxygen atoms in total. The van der Waals surface area contributed by atoms with E-state index in [1.54, 1.807) is 22.0 Å². The summed E-state index contributed by atoms with van der Waals surface area (Å²) in [5, 5.41) is 10.4. The fraction of sp³-hybridized carbons (Fsp3) is 0.759. The van der Waals surface area contributed by atoms with Crippen LogP contribution in [0.5, 0.6) is 0 Å². The van der Waals surface area contributed by atoms with Gasteiger partial charge in [-0.05, 0) is 44.9 Å². The van der Waals surface area contributed by atoms with Gasteiger partial charge in [0.05, 0.1) is 30.8 Å². The van der Waals surface area contributed by atoms with Crippen LogP contribution in [-0.4, -0.2) is 82.3 Å². The molecule has 1 N–H and O–H groups in total. The van der Waals surface area contributed by atoms with E-state index in [9.17, 15) is 19.5 Å². The monoisotopic (exact) mass is 518 g/mol. The van der Waals surface area contributed by atoms with E-state index < -0.39 is 41.1 Å². The number of unbranched alkanes of at least 4 members (excludes halogenated alkanes) is 2. The van der Waals surface area contributed by atoms with E-state index in [1.165, 1.54) is 0 Å². The van der Waals surface area contributed by atoms with Crippen molar-refractivity contribution in [1.29, 1.82) is 0 Å². The molecule has 0 aromatic rings. The van der Waals surface area contributed by atoms with Crippen LogP contribution in [0.3, 0.4) is 0 Å². The Bertz CT molecular complexity index is 874. The van der Waals surface area contributed by atoms with Gasteiger partial charge in [0.15, 0.2) is 0 Å². The SMILES string of the molecule is C=CCCOC(=O)[C@H]1[C@H]2C(=O)N([C@@H](CO)CC(C)C)C(C(=O)N(CC=C)CCCCC)C23CC[C@]1(C)O3. The summed E-state index contributed by atoms with van der Waals surface area (Å²) < 4.78 is 12.2. The topological polar surface area (TPSA) is 96.4 Å². The van der Waals surface area contributed by atoms with Gasteiger partial charge >= 0.3 is 5.97 Å². The van der Waals surface area contributed by atoms with Gasteiger partial charge in [-0.3, -0.25) is 14.4 Å². The van der Waals surface area contributed by atoms with Crippen molar-refractivity contribution >= 4 is 17.8 Å². The Morgan fingerprint density at radius 1 is 1.27 bits per heavy atom. The molecule has 3 aliphatic heterocycles. The van der Waals surface area contributed by atoms with Crippen LogP contribution in [0, 0.1) is 17.8 Å². The fourth-order valence-corrected chi connectivity index (χ4v) is 6.72. The molecule has 0 aromatic heterocycles. The van der Waals surface area contributed by atoms with Crippen molar-refractivity contribution in [2.24, 2.45) is 17.8 Å². The number of hydrogen-bond acceptors (Lipinski definition) is 6. The Balaban J connectivity index is 2.06. The number of rotatable bonds is 15. The minimum Gasteiger partial charge on any atom is -0.465 e. The van der Waals surface area contributed by atoms with E-state index >= 15 is 0 Å². The summed E-state index contributed by atoms with van der Waals surface area (Å²) in [4.78, 5) is 45.2. The second-order valence-electron chi connectivity index (χ2n) is 11.5. The van der Waals surface area contributed by atoms with Crippen molar-refractivity contribution in [2.75, 3.05) is 26.3 Å². The van der Waals surface area contributed by atoms with Crippen molar-refractivity contribution in [3.63, 3.8) is 0 Å². The van der Waals surface area contributed by atoms with Crippen molar-refractivity contribution in [1.82, 2.24) is 9.80 Å². The Morgan fingerprint density at radius 2 is 2.00 bits per heavy atom. The first-order chi connectivity index (χ1) is 17.6. The lowest BCUT2D eigenvalue weighted by atomic mass is 9.66. The zero-order valence-corrected chi connectivity index (χ0v) is 23.1. The summed E-state index contributed by atoms with van der Waals surface area (Å²) in [6.45, 7) is 16.4. The predicted octanol–water partition coefficient (Wildman–Crippen LogP) is 3.48. The molecule has 3 aliphatic rings. The summed E-state index contributed by atoms with van der Waals surface area (Å²) in [7, 11) is 0. The van der Waals surface area contributed by atoms with Gasteiger partial charge in [-0.1, -0.05) is 45.8 Å². The van der Waals surface area contributed by atoms with Gasteiger partial charge in [0.25, 0.3) is 0 Å². The van der Waals surface area contributed by atoms with Crippen molar-refractivity contribution in [3.05, 3.63) is 25.3 Å². The standard InChI is InChI=1S/C29H46N2O6/c1-7-10-12-16-30(15-9-3)26(34)24-29-14-13-28(6,37-29)23(27(35)36-17-11-8-2)22(29)25(33)31(24)21(19-32)18-20(4)5/h8-9,20-24,32H,2-3,7,10-19H2,1,4-6H3/t21-,22+,23-,24?,28+,29?/m1/s1. The quantitative estimate of drug-likeness (QED) is 0.203. The van der Waals surface area contributed by atoms with Crippen LogP contribution in [0.4, 0.5) is 0 Å². The van der Waals surface area contributed by atoms with Crippen molar-refractivity contribution in [3.8, 4) is 0 Å². The number of esters is 1. The highest BCUT2D eigenvalue weighted by Gasteiger charge is 2.79. The van der Waals surface area contributed by atoms with Gasteiger partial charge < -0.3 is 24.4 Å². The smallest absolute Gasteiger partial charge is 0.312 e. The van der Waals surface area contributed by atoms with Crippen LogP contribution in [0.25, 0.3) is 0 Å². The zero-order valence-electron chi connectivity index (χ0n) is 23.1. The molecule has 0 saturated carbocycles. The van der Waals surface area contributed by atoms with Gasteiger partial charge in [0.1, 0.15) is 17.6 Å². The number of fused-ring (bicyclic) bond motifs is 1. The van der Waals surface area contributed by atoms with E-state index in [0.717, 1.165) is 19.3 Å². The number of ether oxygens (including phenoxy) is 2. The first kappa shape index (κ1) is 29.4. The van der Waals surface area contributed by atoms with Gasteiger partial charge in [-0.25, -0.2) is 0 Å². The third-order valence-corrected chi connectivity index (χ3v) is 8.31. The average molecular weight is 519 g/mol. The molecule has 3 saturated heterocycles. The molecule has 3 heterocycles. The molecule has 0 aliphatic carbocycles. The normalized spacial score (nSPS) is 30.9. The number of amides is 2. The number of nitrogens with zero attached hydrogens (tertiary/aromatic N) is 2. The minimum absolute atomic E-state index is 0.187. The number of hydrogen-bond donors (Lipinski definition) is 1. The van der Waals surface area contributed by atoms with Crippen molar-refractivity contribution < 1.29 is 29.0 Å². The van der Waals surface area contributed by atoms with Crippen LogP contribution in [0.2, 0.25) is 0 Å². The highest BCUT2D eigenvalue weighted by atomic mass is 16.6. The molecule has 6 atom stereocenters. The van der Waals surface area contributed by atoms with E-state index in [2.05, 4.69) is 20.1 Å². The summed E-state index contributed by atoms with van der Waals surface area (Å²) >= 11 is 0. The highest BCUT2D eigenvalue weighted by Crippen LogP contribution is 2.63. The summed E-state index contributed by atoms with van der Waals surface area (Å²) in [5.74, 6) is -2.38. The summed E-state index contributed by atoms with van der Waals surface area (Å²) in [6.07, 6.45) is 8.34. The zero-order chi connectivity index (χ0) is 27.4. The molecule has 1 spiro atoms. The molecule has 8 heteroatoms. The van der Waals surface area contributed by atoms with E-state index in [-0.39, 0.29) is 30.9 Å². The first-order valence-corrected chi connectivity index (χ1v) is 13.9. The van der Waals surface area contributed by atoms with Crippen LogP contribution in [-0.2, 0) is 23.9 Å². The molecule has 2 unspecified atom stereocenters. The maximum absolute atomic E-state index is 14.3. The van der Waals surface area contributed by atoms with Crippen molar-refractivity contribution in [2.45, 2.75) is 95.9 Å². The Kier molecular flexibility index (Phi) is 9.62. The molecule has 208 valence electrons. The number of carbonyl (C=O) groups excluding carboxylic acids is 3. The molecule has 2 bridgehead atoms. The van der Waals surface area contributed by atoms with Crippen LogP contribution in [0.1, 0.15) is 72.6 Å². The molecule has 2 amide bonds. The lowest BCUT2D eigenvalue weighted by Gasteiger charge is -2.40. The van der Waals surface area contributed by atoms with E-state index in [0.29, 0.717) is 38.8 Å². The van der Waals surface area contributed by atoms with Crippen LogP contribution >= 0.6 is 0 Å². The van der Waals surface area contributed by atoms with E-state index in [4.69, 9.17) is 9.47 Å². The predicted molar refractivity (Wildman–Crippen MR) is 141 cm³/mol. The Labute approximate surface area is 222 Å². The van der Waals surface area contributed by atoms with Crippen LogP contribution < -0.4 is 0 Å². The summed E-state index contributed by atoms with van der Waals surface area (Å²) in [6, 6.07) is -1.45. The molecule has 0 aromatic carbocycles. The molecular weight excluding hydrogens is 472 g/mol. The number of aliphatic hydroxyl groups excluding tert-OH is 1. The minimum atomic E-state index is -1.13. The number of carbonyl (C=O) groups is 3. The first-order valence-electron chi connectivity index (χ1n) is 13.9.